The first-order valence-electron chi connectivity index (χ1n) is 14.9. The molecular weight excluding hydrogens is 980 g/mol. The minimum atomic E-state index is -0.899. The molecule has 0 aliphatic rings. The Morgan fingerprint density at radius 1 is 0.528 bits per heavy atom. The molecule has 9 nitrogen and oxygen atoms in total. The molecular formula is C40H61O9Y4-3. The Hall–Kier alpha value is -1.02. The van der Waals surface area contributed by atoms with Crippen molar-refractivity contribution in [2.75, 3.05) is 0 Å². The van der Waals surface area contributed by atoms with E-state index in [1.54, 1.807) is 12.1 Å². The first-order valence-corrected chi connectivity index (χ1v) is 14.9. The number of aryl methyl sites for hydroxylation is 2. The topological polar surface area (TPSA) is 158 Å². The molecule has 0 saturated carbocycles. The molecule has 4 rings (SSSR count). The predicted octanol–water partition coefficient (Wildman–Crippen LogP) is 11.0. The third-order valence-corrected chi connectivity index (χ3v) is 3.77. The van der Waals surface area contributed by atoms with Crippen LogP contribution in [-0.4, -0.2) is 45.8 Å². The molecule has 0 aliphatic heterocycles. The fraction of sp³-hybridized carbons (Fsp3) is 0.300. The number of rotatable bonds is 3. The van der Waals surface area contributed by atoms with Crippen LogP contribution in [0, 0.1) is 32.0 Å². The SMILES string of the molecule is C.C.CC.CC.CC.CC.Cc1c[c-]ccc1.Cc1ccc(Oc2cc[c-]cc2)cc1.O=C(O)c1cc[c-]cc1.O=CO.O=CO.O=CO.[Y].[Y].[Y].[Y]. The number of benzene rings is 4. The molecule has 0 fully saturated rings. The molecule has 0 unspecified atom stereocenters. The van der Waals surface area contributed by atoms with E-state index in [-0.39, 0.29) is 165 Å². The van der Waals surface area contributed by atoms with Gasteiger partial charge in [0.25, 0.3) is 19.4 Å². The summed E-state index contributed by atoms with van der Waals surface area (Å²) in [7, 11) is 0. The predicted molar refractivity (Wildman–Crippen MR) is 204 cm³/mol. The Morgan fingerprint density at radius 2 is 0.849 bits per heavy atom. The minimum absolute atomic E-state index is 0. The average Bonchev–Trinajstić information content (AvgIpc) is 3.12. The molecule has 0 bridgehead atoms. The van der Waals surface area contributed by atoms with Gasteiger partial charge < -0.3 is 25.2 Å². The van der Waals surface area contributed by atoms with Gasteiger partial charge in [0, 0.05) is 137 Å². The third-order valence-electron chi connectivity index (χ3n) is 3.77. The van der Waals surface area contributed by atoms with Crippen LogP contribution in [0.3, 0.4) is 0 Å². The van der Waals surface area contributed by atoms with Gasteiger partial charge in [-0.15, -0.1) is 12.1 Å². The molecule has 4 N–H and O–H groups in total. The maximum Gasteiger partial charge on any atom is 0.311 e. The van der Waals surface area contributed by atoms with Gasteiger partial charge in [-0.05, 0) is 24.6 Å². The smallest absolute Gasteiger partial charge is 0.311 e. The first kappa shape index (κ1) is 84.5. The van der Waals surface area contributed by atoms with Gasteiger partial charge in [-0.3, -0.25) is 14.4 Å². The Morgan fingerprint density at radius 3 is 1.09 bits per heavy atom. The average molecular weight is 1040 g/mol. The Labute approximate surface area is 422 Å². The number of aromatic carboxylic acids is 1. The summed E-state index contributed by atoms with van der Waals surface area (Å²) in [5.41, 5.74) is 2.80. The van der Waals surface area contributed by atoms with E-state index < -0.39 is 5.97 Å². The molecule has 4 aromatic carbocycles. The van der Waals surface area contributed by atoms with E-state index in [9.17, 15) is 4.79 Å². The van der Waals surface area contributed by atoms with Crippen molar-refractivity contribution in [3.8, 4) is 11.5 Å². The molecule has 4 aromatic rings. The summed E-state index contributed by atoms with van der Waals surface area (Å²) in [6.45, 7) is 19.4. The number of hydrogen-bond acceptors (Lipinski definition) is 5. The quantitative estimate of drug-likeness (QED) is 0.116. The monoisotopic (exact) mass is 1040 g/mol. The summed E-state index contributed by atoms with van der Waals surface area (Å²) >= 11 is 0. The summed E-state index contributed by atoms with van der Waals surface area (Å²) in [5.74, 6) is 0.804. The van der Waals surface area contributed by atoms with Crippen LogP contribution in [0.4, 0.5) is 0 Å². The van der Waals surface area contributed by atoms with E-state index in [2.05, 4.69) is 38.1 Å². The largest absolute Gasteiger partial charge is 0.483 e. The van der Waals surface area contributed by atoms with Gasteiger partial charge in [0.2, 0.25) is 0 Å². The zero-order valence-corrected chi connectivity index (χ0v) is 43.0. The summed E-state index contributed by atoms with van der Waals surface area (Å²) in [4.78, 5) is 35.3. The Balaban J connectivity index is -0.0000000385. The van der Waals surface area contributed by atoms with Crippen molar-refractivity contribution in [3.05, 3.63) is 132 Å². The van der Waals surface area contributed by atoms with Gasteiger partial charge in [0.05, 0.1) is 0 Å². The second kappa shape index (κ2) is 79.7. The molecule has 0 aromatic heterocycles. The van der Waals surface area contributed by atoms with E-state index in [0.29, 0.717) is 5.56 Å². The van der Waals surface area contributed by atoms with Gasteiger partial charge in [-0.1, -0.05) is 94.9 Å². The van der Waals surface area contributed by atoms with Crippen LogP contribution in [0.1, 0.15) is 91.7 Å². The third kappa shape index (κ3) is 72.8. The van der Waals surface area contributed by atoms with Crippen LogP contribution >= 0.6 is 0 Å². The van der Waals surface area contributed by atoms with E-state index in [4.69, 9.17) is 39.5 Å². The number of ether oxygens (including phenoxy) is 1. The van der Waals surface area contributed by atoms with Crippen LogP contribution in [0.25, 0.3) is 0 Å². The molecule has 0 amide bonds. The molecule has 290 valence electrons. The molecule has 4 radical (unpaired) electrons. The molecule has 13 heteroatoms. The van der Waals surface area contributed by atoms with E-state index in [1.807, 2.05) is 122 Å². The van der Waals surface area contributed by atoms with Crippen molar-refractivity contribution in [2.24, 2.45) is 0 Å². The standard InChI is InChI=1S/C13H11O.C7H5O2.C7H7.4C2H6.3CH2O2.2CH4.4Y/c1-11-7-9-13(10-8-11)14-12-5-3-2-4-6-12;8-7(9)6-4-2-1-3-5-6;1-7-5-3-2-4-6-7;4*1-2;3*2-1-3;;;;;;/h3-10H,1H3;2-5H,(H,8,9);2-3,5-6H,1H3;4*1-2H3;3*1H,(H,2,3);2*1H4;;;;/q3*-1;;;;;;;;;;;;;. The number of carbonyl (C=O) groups is 4. The van der Waals surface area contributed by atoms with Crippen molar-refractivity contribution >= 4 is 25.4 Å². The fourth-order valence-electron chi connectivity index (χ4n) is 2.19. The second-order valence-electron chi connectivity index (χ2n) is 6.64. The van der Waals surface area contributed by atoms with Gasteiger partial charge in [-0.25, -0.2) is 4.79 Å². The molecule has 0 spiro atoms. The maximum absolute atomic E-state index is 10.2. The maximum atomic E-state index is 10.2. The summed E-state index contributed by atoms with van der Waals surface area (Å²) in [6.07, 6.45) is 0. The van der Waals surface area contributed by atoms with Crippen LogP contribution in [0.15, 0.2) is 97.1 Å². The second-order valence-corrected chi connectivity index (χ2v) is 6.64. The Kier molecular flexibility index (Phi) is 127. The van der Waals surface area contributed by atoms with E-state index in [1.165, 1.54) is 23.3 Å². The molecule has 0 aliphatic carbocycles. The van der Waals surface area contributed by atoms with Crippen LogP contribution in [0.2, 0.25) is 0 Å². The van der Waals surface area contributed by atoms with Gasteiger partial charge in [0.1, 0.15) is 5.75 Å². The molecule has 0 atom stereocenters. The Bertz CT molecular complexity index is 1140. The van der Waals surface area contributed by atoms with Gasteiger partial charge >= 0.3 is 5.97 Å². The van der Waals surface area contributed by atoms with E-state index >= 15 is 0 Å². The molecule has 0 heterocycles. The van der Waals surface area contributed by atoms with Gasteiger partial charge in [-0.2, -0.15) is 84.4 Å². The summed E-state index contributed by atoms with van der Waals surface area (Å²) in [6, 6.07) is 38.1. The van der Waals surface area contributed by atoms with Crippen LogP contribution in [0.5, 0.6) is 11.5 Å². The van der Waals surface area contributed by atoms with Crippen LogP contribution < -0.4 is 4.74 Å². The van der Waals surface area contributed by atoms with E-state index in [0.717, 1.165) is 11.5 Å². The summed E-state index contributed by atoms with van der Waals surface area (Å²) < 4.78 is 5.61. The van der Waals surface area contributed by atoms with Crippen molar-refractivity contribution in [3.63, 3.8) is 0 Å². The zero-order chi connectivity index (χ0) is 37.7. The minimum Gasteiger partial charge on any atom is -0.483 e. The van der Waals surface area contributed by atoms with Crippen molar-refractivity contribution in [1.82, 2.24) is 0 Å². The zero-order valence-electron chi connectivity index (χ0n) is 31.6. The summed E-state index contributed by atoms with van der Waals surface area (Å²) in [5, 5.41) is 29.0. The molecule has 0 saturated heterocycles. The van der Waals surface area contributed by atoms with Gasteiger partial charge in [0.15, 0.2) is 0 Å². The first-order chi connectivity index (χ1) is 22.8. The number of carboxylic acids is 1. The number of carboxylic acid groups (broad SMARTS) is 4. The van der Waals surface area contributed by atoms with Crippen LogP contribution in [-0.2, 0) is 145 Å². The van der Waals surface area contributed by atoms with Crippen molar-refractivity contribution < 1.29 is 175 Å². The fourth-order valence-corrected chi connectivity index (χ4v) is 2.19. The van der Waals surface area contributed by atoms with Crippen molar-refractivity contribution in [2.45, 2.75) is 84.1 Å². The normalized spacial score (nSPS) is 6.38. The van der Waals surface area contributed by atoms with Crippen molar-refractivity contribution in [1.29, 1.82) is 0 Å². The number of hydrogen-bond donors (Lipinski definition) is 4. The molecule has 53 heavy (non-hydrogen) atoms.